The molecule has 7 heteroatoms. The van der Waals surface area contributed by atoms with Crippen LogP contribution in [-0.2, 0) is 23.1 Å². The van der Waals surface area contributed by atoms with Crippen molar-refractivity contribution in [1.82, 2.24) is 15.0 Å². The van der Waals surface area contributed by atoms with Crippen LogP contribution < -0.4 is 10.0 Å². The van der Waals surface area contributed by atoms with E-state index in [0.29, 0.717) is 6.54 Å². The number of benzene rings is 1. The average molecular weight is 297 g/mol. The molecule has 102 valence electrons. The first-order chi connectivity index (χ1) is 9.12. The Morgan fingerprint density at radius 1 is 1.21 bits per heavy atom. The molecule has 0 radical (unpaired) electrons. The topological polar surface area (TPSA) is 71.1 Å². The summed E-state index contributed by atoms with van der Waals surface area (Å²) in [5.41, 5.74) is 1.04. The summed E-state index contributed by atoms with van der Waals surface area (Å²) in [5, 5.41) is 5.58. The molecule has 0 atom stereocenters. The van der Waals surface area contributed by atoms with Crippen LogP contribution in [0, 0.1) is 0 Å². The second kappa shape index (κ2) is 6.25. The maximum Gasteiger partial charge on any atom is 0.240 e. The number of nitrogens with zero attached hydrogens (tertiary/aromatic N) is 1. The van der Waals surface area contributed by atoms with Crippen molar-refractivity contribution in [3.8, 4) is 0 Å². The van der Waals surface area contributed by atoms with E-state index in [2.05, 4.69) is 15.0 Å². The zero-order chi connectivity index (χ0) is 13.7. The number of nitrogens with one attached hydrogen (secondary N) is 2. The van der Waals surface area contributed by atoms with E-state index >= 15 is 0 Å². The van der Waals surface area contributed by atoms with Crippen molar-refractivity contribution in [3.63, 3.8) is 0 Å². The zero-order valence-electron chi connectivity index (χ0n) is 10.5. The predicted octanol–water partition coefficient (Wildman–Crippen LogP) is 1.34. The highest BCUT2D eigenvalue weighted by molar-refractivity contribution is 7.89. The molecule has 1 heterocycles. The van der Waals surface area contributed by atoms with Gasteiger partial charge in [-0.2, -0.15) is 0 Å². The fourth-order valence-electron chi connectivity index (χ4n) is 1.57. The smallest absolute Gasteiger partial charge is 0.240 e. The third-order valence-corrected chi connectivity index (χ3v) is 4.71. The lowest BCUT2D eigenvalue weighted by Gasteiger charge is -2.06. The van der Waals surface area contributed by atoms with Crippen molar-refractivity contribution >= 4 is 21.4 Å². The third-order valence-electron chi connectivity index (χ3n) is 2.51. The largest absolute Gasteiger partial charge is 0.316 e. The van der Waals surface area contributed by atoms with Gasteiger partial charge >= 0.3 is 0 Å². The van der Waals surface area contributed by atoms with E-state index in [1.54, 1.807) is 30.5 Å². The number of aromatic nitrogens is 1. The summed E-state index contributed by atoms with van der Waals surface area (Å²) < 4.78 is 26.6. The Morgan fingerprint density at radius 3 is 2.53 bits per heavy atom. The molecule has 0 fully saturated rings. The molecule has 0 bridgehead atoms. The van der Waals surface area contributed by atoms with Crippen LogP contribution in [0.25, 0.3) is 0 Å². The Labute approximate surface area is 116 Å². The molecule has 5 nitrogen and oxygen atoms in total. The van der Waals surface area contributed by atoms with Crippen LogP contribution in [0.4, 0.5) is 0 Å². The van der Waals surface area contributed by atoms with Gasteiger partial charge in [-0.25, -0.2) is 18.1 Å². The summed E-state index contributed by atoms with van der Waals surface area (Å²) in [6.07, 6.45) is 1.65. The second-order valence-corrected chi connectivity index (χ2v) is 6.67. The van der Waals surface area contributed by atoms with Crippen molar-refractivity contribution < 1.29 is 8.42 Å². The molecule has 2 rings (SSSR count). The molecule has 0 spiro atoms. The predicted molar refractivity (Wildman–Crippen MR) is 75.3 cm³/mol. The standard InChI is InChI=1S/C12H15N3O2S2/c1-13-8-10-2-4-11(5-3-10)19(16,17)15-9-12-14-6-7-18-12/h2-7,13,15H,8-9H2,1H3. The van der Waals surface area contributed by atoms with Crippen LogP contribution in [0.1, 0.15) is 10.6 Å². The first-order valence-corrected chi connectivity index (χ1v) is 8.09. The van der Waals surface area contributed by atoms with Gasteiger partial charge in [-0.1, -0.05) is 12.1 Å². The molecule has 0 aliphatic heterocycles. The number of sulfonamides is 1. The second-order valence-electron chi connectivity index (χ2n) is 3.92. The Balaban J connectivity index is 2.06. The minimum absolute atomic E-state index is 0.221. The van der Waals surface area contributed by atoms with Gasteiger partial charge in [-0.05, 0) is 24.7 Å². The Kier molecular flexibility index (Phi) is 4.65. The average Bonchev–Trinajstić information content (AvgIpc) is 2.91. The summed E-state index contributed by atoms with van der Waals surface area (Å²) in [4.78, 5) is 4.30. The number of thiazole rings is 1. The van der Waals surface area contributed by atoms with Gasteiger partial charge in [0.15, 0.2) is 0 Å². The van der Waals surface area contributed by atoms with Gasteiger partial charge in [0.2, 0.25) is 10.0 Å². The molecule has 2 N–H and O–H groups in total. The van der Waals surface area contributed by atoms with E-state index in [0.717, 1.165) is 10.6 Å². The summed E-state index contributed by atoms with van der Waals surface area (Å²) in [6.45, 7) is 0.936. The van der Waals surface area contributed by atoms with E-state index in [9.17, 15) is 8.42 Å². The molecule has 0 saturated carbocycles. The van der Waals surface area contributed by atoms with Gasteiger partial charge in [0.1, 0.15) is 5.01 Å². The normalized spacial score (nSPS) is 11.6. The third kappa shape index (κ3) is 3.84. The fourth-order valence-corrected chi connectivity index (χ4v) is 3.21. The summed E-state index contributed by atoms with van der Waals surface area (Å²) >= 11 is 1.42. The van der Waals surface area contributed by atoms with Crippen LogP contribution >= 0.6 is 11.3 Å². The minimum atomic E-state index is -3.47. The Bertz CT molecular complexity index is 607. The van der Waals surface area contributed by atoms with Gasteiger partial charge in [-0.3, -0.25) is 0 Å². The minimum Gasteiger partial charge on any atom is -0.316 e. The maximum absolute atomic E-state index is 12.0. The van der Waals surface area contributed by atoms with E-state index in [4.69, 9.17) is 0 Å². The highest BCUT2D eigenvalue weighted by Gasteiger charge is 2.13. The molecule has 0 aliphatic rings. The lowest BCUT2D eigenvalue weighted by atomic mass is 10.2. The van der Waals surface area contributed by atoms with Crippen molar-refractivity contribution in [2.24, 2.45) is 0 Å². The van der Waals surface area contributed by atoms with E-state index < -0.39 is 10.0 Å². The SMILES string of the molecule is CNCc1ccc(S(=O)(=O)NCc2nccs2)cc1. The van der Waals surface area contributed by atoms with Crippen LogP contribution in [0.2, 0.25) is 0 Å². The fraction of sp³-hybridized carbons (Fsp3) is 0.250. The van der Waals surface area contributed by atoms with E-state index in [1.807, 2.05) is 12.4 Å². The Morgan fingerprint density at radius 2 is 1.95 bits per heavy atom. The molecule has 1 aromatic carbocycles. The molecule has 0 unspecified atom stereocenters. The lowest BCUT2D eigenvalue weighted by molar-refractivity contribution is 0.581. The lowest BCUT2D eigenvalue weighted by Crippen LogP contribution is -2.23. The maximum atomic E-state index is 12.0. The van der Waals surface area contributed by atoms with Crippen LogP contribution in [0.5, 0.6) is 0 Å². The first-order valence-electron chi connectivity index (χ1n) is 5.73. The van der Waals surface area contributed by atoms with E-state index in [1.165, 1.54) is 11.3 Å². The number of hydrogen-bond acceptors (Lipinski definition) is 5. The van der Waals surface area contributed by atoms with Crippen molar-refractivity contribution in [2.45, 2.75) is 18.0 Å². The van der Waals surface area contributed by atoms with Gasteiger partial charge < -0.3 is 5.32 Å². The zero-order valence-corrected chi connectivity index (χ0v) is 12.1. The molecule has 1 aromatic heterocycles. The van der Waals surface area contributed by atoms with Gasteiger partial charge in [0.05, 0.1) is 11.4 Å². The number of hydrogen-bond donors (Lipinski definition) is 2. The van der Waals surface area contributed by atoms with Crippen LogP contribution in [0.15, 0.2) is 40.7 Å². The van der Waals surface area contributed by atoms with Crippen molar-refractivity contribution in [1.29, 1.82) is 0 Å². The summed E-state index contributed by atoms with van der Waals surface area (Å²) in [5.74, 6) is 0. The highest BCUT2D eigenvalue weighted by Crippen LogP contribution is 2.12. The van der Waals surface area contributed by atoms with Crippen LogP contribution in [-0.4, -0.2) is 20.4 Å². The van der Waals surface area contributed by atoms with E-state index in [-0.39, 0.29) is 11.4 Å². The molecule has 0 aliphatic carbocycles. The first kappa shape index (κ1) is 14.1. The molecular weight excluding hydrogens is 282 g/mol. The molecule has 0 saturated heterocycles. The molecular formula is C12H15N3O2S2. The molecule has 19 heavy (non-hydrogen) atoms. The van der Waals surface area contributed by atoms with Crippen LogP contribution in [0.3, 0.4) is 0 Å². The highest BCUT2D eigenvalue weighted by atomic mass is 32.2. The monoisotopic (exact) mass is 297 g/mol. The van der Waals surface area contributed by atoms with Crippen molar-refractivity contribution in [3.05, 3.63) is 46.4 Å². The summed E-state index contributed by atoms with van der Waals surface area (Å²) in [6, 6.07) is 6.82. The number of rotatable bonds is 6. The quantitative estimate of drug-likeness (QED) is 0.844. The molecule has 0 amide bonds. The Hall–Kier alpha value is -1.28. The van der Waals surface area contributed by atoms with Crippen molar-refractivity contribution in [2.75, 3.05) is 7.05 Å². The summed E-state index contributed by atoms with van der Waals surface area (Å²) in [7, 11) is -1.62. The molecule has 2 aromatic rings. The van der Waals surface area contributed by atoms with Gasteiger partial charge in [0.25, 0.3) is 0 Å². The van der Waals surface area contributed by atoms with Gasteiger partial charge in [-0.15, -0.1) is 11.3 Å². The van der Waals surface area contributed by atoms with Gasteiger partial charge in [0, 0.05) is 18.1 Å².